The number of aliphatic hydroxyl groups is 1. The van der Waals surface area contributed by atoms with Gasteiger partial charge in [-0.25, -0.2) is 0 Å². The number of ether oxygens (including phenoxy) is 1. The fourth-order valence-corrected chi connectivity index (χ4v) is 2.11. The summed E-state index contributed by atoms with van der Waals surface area (Å²) in [4.78, 5) is 13.9. The molecule has 0 aromatic rings. The normalized spacial score (nSPS) is 17.1. The topological polar surface area (TPSA) is 61.8 Å². The summed E-state index contributed by atoms with van der Waals surface area (Å²) in [5.74, 6) is 0.0615. The number of carbonyl (C=O) groups is 1. The molecule has 0 spiro atoms. The van der Waals surface area contributed by atoms with E-state index in [0.29, 0.717) is 13.1 Å². The average Bonchev–Trinajstić information content (AvgIpc) is 2.37. The monoisotopic (exact) mass is 258 g/mol. The van der Waals surface area contributed by atoms with Gasteiger partial charge < -0.3 is 15.2 Å². The van der Waals surface area contributed by atoms with Crippen LogP contribution < -0.4 is 5.32 Å². The van der Waals surface area contributed by atoms with E-state index in [1.807, 2.05) is 4.90 Å². The summed E-state index contributed by atoms with van der Waals surface area (Å²) in [5, 5.41) is 12.0. The van der Waals surface area contributed by atoms with Gasteiger partial charge in [0.2, 0.25) is 5.91 Å². The van der Waals surface area contributed by atoms with Crippen LogP contribution in [0.1, 0.15) is 32.6 Å². The summed E-state index contributed by atoms with van der Waals surface area (Å²) in [7, 11) is 0. The van der Waals surface area contributed by atoms with Crippen molar-refractivity contribution >= 4 is 5.91 Å². The molecule has 0 unspecified atom stereocenters. The fourth-order valence-electron chi connectivity index (χ4n) is 2.11. The Hall–Kier alpha value is -0.650. The van der Waals surface area contributed by atoms with Crippen LogP contribution in [0.3, 0.4) is 0 Å². The summed E-state index contributed by atoms with van der Waals surface area (Å²) < 4.78 is 5.26. The number of carbonyl (C=O) groups excluding carboxylic acids is 1. The number of hydrogen-bond donors (Lipinski definition) is 2. The summed E-state index contributed by atoms with van der Waals surface area (Å²) in [6.07, 6.45) is 3.97. The molecule has 0 bridgehead atoms. The standard InChI is InChI=1S/C13H26N2O3/c1-2-3-6-15(7-8-16)11-13(17)14-12-4-9-18-10-5-12/h12,16H,2-11H2,1H3,(H,14,17). The van der Waals surface area contributed by atoms with Gasteiger partial charge in [0, 0.05) is 25.8 Å². The number of unbranched alkanes of at least 4 members (excludes halogenated alkanes) is 1. The smallest absolute Gasteiger partial charge is 0.234 e. The number of nitrogens with zero attached hydrogens (tertiary/aromatic N) is 1. The lowest BCUT2D eigenvalue weighted by atomic mass is 10.1. The van der Waals surface area contributed by atoms with E-state index in [-0.39, 0.29) is 18.6 Å². The highest BCUT2D eigenvalue weighted by atomic mass is 16.5. The second-order valence-corrected chi connectivity index (χ2v) is 4.81. The van der Waals surface area contributed by atoms with Gasteiger partial charge in [-0.05, 0) is 25.8 Å². The SMILES string of the molecule is CCCCN(CCO)CC(=O)NC1CCOCC1. The molecule has 0 atom stereocenters. The molecular formula is C13H26N2O3. The van der Waals surface area contributed by atoms with Gasteiger partial charge in [-0.15, -0.1) is 0 Å². The molecular weight excluding hydrogens is 232 g/mol. The van der Waals surface area contributed by atoms with Crippen molar-refractivity contribution in [1.29, 1.82) is 0 Å². The Bertz CT molecular complexity index is 230. The lowest BCUT2D eigenvalue weighted by Gasteiger charge is -2.25. The molecule has 0 saturated carbocycles. The van der Waals surface area contributed by atoms with Crippen molar-refractivity contribution in [3.63, 3.8) is 0 Å². The van der Waals surface area contributed by atoms with E-state index < -0.39 is 0 Å². The Morgan fingerprint density at radius 3 is 2.72 bits per heavy atom. The quantitative estimate of drug-likeness (QED) is 0.660. The largest absolute Gasteiger partial charge is 0.395 e. The first-order valence-electron chi connectivity index (χ1n) is 6.96. The van der Waals surface area contributed by atoms with Gasteiger partial charge in [-0.2, -0.15) is 0 Å². The Morgan fingerprint density at radius 1 is 1.39 bits per heavy atom. The molecule has 0 aromatic carbocycles. The van der Waals surface area contributed by atoms with Crippen LogP contribution in [0.2, 0.25) is 0 Å². The van der Waals surface area contributed by atoms with Crippen LogP contribution in [0.5, 0.6) is 0 Å². The highest BCUT2D eigenvalue weighted by Crippen LogP contribution is 2.06. The molecule has 18 heavy (non-hydrogen) atoms. The van der Waals surface area contributed by atoms with E-state index in [9.17, 15) is 4.79 Å². The summed E-state index contributed by atoms with van der Waals surface area (Å²) in [5.41, 5.74) is 0. The fraction of sp³-hybridized carbons (Fsp3) is 0.923. The minimum atomic E-state index is 0.0615. The molecule has 1 aliphatic rings. The first-order valence-corrected chi connectivity index (χ1v) is 6.96. The number of rotatable bonds is 8. The molecule has 106 valence electrons. The third-order valence-electron chi connectivity index (χ3n) is 3.20. The van der Waals surface area contributed by atoms with Crippen molar-refractivity contribution in [3.05, 3.63) is 0 Å². The molecule has 0 aliphatic carbocycles. The summed E-state index contributed by atoms with van der Waals surface area (Å²) >= 11 is 0. The molecule has 1 amide bonds. The van der Waals surface area contributed by atoms with Gasteiger partial charge in [0.25, 0.3) is 0 Å². The number of aliphatic hydroxyl groups excluding tert-OH is 1. The Balaban J connectivity index is 2.25. The molecule has 2 N–H and O–H groups in total. The minimum Gasteiger partial charge on any atom is -0.395 e. The molecule has 5 nitrogen and oxygen atoms in total. The molecule has 1 saturated heterocycles. The predicted molar refractivity (Wildman–Crippen MR) is 70.4 cm³/mol. The van der Waals surface area contributed by atoms with Crippen LogP contribution in [0.25, 0.3) is 0 Å². The van der Waals surface area contributed by atoms with E-state index in [1.165, 1.54) is 0 Å². The van der Waals surface area contributed by atoms with E-state index in [2.05, 4.69) is 12.2 Å². The Kier molecular flexibility index (Phi) is 7.96. The van der Waals surface area contributed by atoms with Crippen molar-refractivity contribution in [1.82, 2.24) is 10.2 Å². The zero-order chi connectivity index (χ0) is 13.2. The number of hydrogen-bond acceptors (Lipinski definition) is 4. The molecule has 0 radical (unpaired) electrons. The molecule has 5 heteroatoms. The molecule has 1 rings (SSSR count). The van der Waals surface area contributed by atoms with Gasteiger partial charge in [-0.1, -0.05) is 13.3 Å². The average molecular weight is 258 g/mol. The third kappa shape index (κ3) is 6.33. The zero-order valence-corrected chi connectivity index (χ0v) is 11.4. The highest BCUT2D eigenvalue weighted by molar-refractivity contribution is 5.78. The van der Waals surface area contributed by atoms with E-state index in [4.69, 9.17) is 9.84 Å². The summed E-state index contributed by atoms with van der Waals surface area (Å²) in [6.45, 7) is 5.53. The second kappa shape index (κ2) is 9.30. The van der Waals surface area contributed by atoms with Crippen molar-refractivity contribution in [2.75, 3.05) is 39.5 Å². The zero-order valence-electron chi connectivity index (χ0n) is 11.4. The van der Waals surface area contributed by atoms with Crippen LogP contribution in [0.4, 0.5) is 0 Å². The van der Waals surface area contributed by atoms with Gasteiger partial charge in [0.1, 0.15) is 0 Å². The molecule has 1 fully saturated rings. The van der Waals surface area contributed by atoms with E-state index in [0.717, 1.165) is 45.4 Å². The predicted octanol–water partition coefficient (Wildman–Crippen LogP) is 0.376. The van der Waals surface area contributed by atoms with E-state index >= 15 is 0 Å². The molecule has 0 aromatic heterocycles. The van der Waals surface area contributed by atoms with Crippen molar-refractivity contribution in [3.8, 4) is 0 Å². The third-order valence-corrected chi connectivity index (χ3v) is 3.20. The summed E-state index contributed by atoms with van der Waals surface area (Å²) in [6, 6.07) is 0.258. The van der Waals surface area contributed by atoms with Crippen molar-refractivity contribution in [2.24, 2.45) is 0 Å². The second-order valence-electron chi connectivity index (χ2n) is 4.81. The molecule has 1 aliphatic heterocycles. The lowest BCUT2D eigenvalue weighted by Crippen LogP contribution is -2.45. The van der Waals surface area contributed by atoms with Gasteiger partial charge in [0.15, 0.2) is 0 Å². The number of amides is 1. The van der Waals surface area contributed by atoms with Crippen LogP contribution in [-0.4, -0.2) is 61.4 Å². The van der Waals surface area contributed by atoms with Gasteiger partial charge in [0.05, 0.1) is 13.2 Å². The minimum absolute atomic E-state index is 0.0615. The Labute approximate surface area is 109 Å². The maximum atomic E-state index is 11.9. The van der Waals surface area contributed by atoms with Gasteiger partial charge in [-0.3, -0.25) is 9.69 Å². The van der Waals surface area contributed by atoms with Crippen LogP contribution in [-0.2, 0) is 9.53 Å². The molecule has 1 heterocycles. The van der Waals surface area contributed by atoms with Crippen molar-refractivity contribution in [2.45, 2.75) is 38.6 Å². The maximum absolute atomic E-state index is 11.9. The maximum Gasteiger partial charge on any atom is 0.234 e. The van der Waals surface area contributed by atoms with E-state index in [1.54, 1.807) is 0 Å². The highest BCUT2D eigenvalue weighted by Gasteiger charge is 2.17. The van der Waals surface area contributed by atoms with Crippen LogP contribution >= 0.6 is 0 Å². The van der Waals surface area contributed by atoms with Crippen LogP contribution in [0, 0.1) is 0 Å². The van der Waals surface area contributed by atoms with Crippen molar-refractivity contribution < 1.29 is 14.6 Å². The van der Waals surface area contributed by atoms with Gasteiger partial charge >= 0.3 is 0 Å². The number of nitrogens with one attached hydrogen (secondary N) is 1. The first kappa shape index (κ1) is 15.4. The Morgan fingerprint density at radius 2 is 2.11 bits per heavy atom. The lowest BCUT2D eigenvalue weighted by molar-refractivity contribution is -0.123. The van der Waals surface area contributed by atoms with Crippen LogP contribution in [0.15, 0.2) is 0 Å². The first-order chi connectivity index (χ1) is 8.76.